The van der Waals surface area contributed by atoms with Crippen LogP contribution >= 0.6 is 22.9 Å². The first-order chi connectivity index (χ1) is 14.8. The molecule has 0 radical (unpaired) electrons. The van der Waals surface area contributed by atoms with Gasteiger partial charge >= 0.3 is 6.18 Å². The van der Waals surface area contributed by atoms with E-state index in [0.717, 1.165) is 46.9 Å². The first-order valence-electron chi connectivity index (χ1n) is 9.67. The zero-order chi connectivity index (χ0) is 22.2. The summed E-state index contributed by atoms with van der Waals surface area (Å²) >= 11 is 7.63. The number of thiophene rings is 1. The van der Waals surface area contributed by atoms with Crippen LogP contribution in [-0.2, 0) is 25.6 Å². The molecule has 3 aromatic heterocycles. The number of anilines is 1. The van der Waals surface area contributed by atoms with Gasteiger partial charge in [0, 0.05) is 18.1 Å². The van der Waals surface area contributed by atoms with E-state index in [1.165, 1.54) is 23.6 Å². The zero-order valence-electron chi connectivity index (χ0n) is 16.5. The van der Waals surface area contributed by atoms with Gasteiger partial charge in [0.15, 0.2) is 11.5 Å². The second-order valence-electron chi connectivity index (χ2n) is 7.09. The van der Waals surface area contributed by atoms with Crippen LogP contribution in [-0.4, -0.2) is 27.7 Å². The van der Waals surface area contributed by atoms with Gasteiger partial charge < -0.3 is 10.6 Å². The van der Waals surface area contributed by atoms with E-state index in [0.29, 0.717) is 10.6 Å². The third-order valence-corrected chi connectivity index (χ3v) is 6.61. The summed E-state index contributed by atoms with van der Waals surface area (Å²) in [7, 11) is 1.56. The minimum absolute atomic E-state index is 0.0133. The standard InChI is InChI=1S/C20H19ClF3N5OS/c1-25-18(30)16-12-5-2-3-7-14(12)31-19(16)27-10-11-9-15(20(22,23)24)28-29(11)17-13(21)6-4-8-26-17/h4,6,8-9,27H,2-3,5,7,10H2,1H3,(H,25,30). The maximum absolute atomic E-state index is 13.3. The summed E-state index contributed by atoms with van der Waals surface area (Å²) in [5, 5.41) is 10.3. The molecular formula is C20H19ClF3N5OS. The van der Waals surface area contributed by atoms with Crippen LogP contribution in [0.1, 0.15) is 45.0 Å². The summed E-state index contributed by atoms with van der Waals surface area (Å²) in [6.45, 7) is 0.0133. The lowest BCUT2D eigenvalue weighted by molar-refractivity contribution is -0.141. The van der Waals surface area contributed by atoms with Gasteiger partial charge in [-0.1, -0.05) is 11.6 Å². The summed E-state index contributed by atoms with van der Waals surface area (Å²) < 4.78 is 41.1. The fraction of sp³-hybridized carbons (Fsp3) is 0.350. The van der Waals surface area contributed by atoms with Crippen molar-refractivity contribution in [3.05, 3.63) is 56.8 Å². The summed E-state index contributed by atoms with van der Waals surface area (Å²) in [6, 6.07) is 4.09. The highest BCUT2D eigenvalue weighted by molar-refractivity contribution is 7.16. The van der Waals surface area contributed by atoms with Gasteiger partial charge in [0.2, 0.25) is 0 Å². The topological polar surface area (TPSA) is 71.8 Å². The molecule has 0 fully saturated rings. The molecule has 1 aliphatic carbocycles. The lowest BCUT2D eigenvalue weighted by atomic mass is 9.95. The molecule has 1 aliphatic rings. The van der Waals surface area contributed by atoms with Crippen molar-refractivity contribution in [2.45, 2.75) is 38.4 Å². The van der Waals surface area contributed by atoms with E-state index < -0.39 is 11.9 Å². The molecule has 31 heavy (non-hydrogen) atoms. The number of aryl methyl sites for hydroxylation is 1. The fourth-order valence-electron chi connectivity index (χ4n) is 3.63. The Hall–Kier alpha value is -2.59. The van der Waals surface area contributed by atoms with E-state index in [1.807, 2.05) is 0 Å². The van der Waals surface area contributed by atoms with Crippen LogP contribution in [0.4, 0.5) is 18.2 Å². The Balaban J connectivity index is 1.71. The van der Waals surface area contributed by atoms with Crippen molar-refractivity contribution >= 4 is 33.8 Å². The predicted octanol–water partition coefficient (Wildman–Crippen LogP) is 4.85. The van der Waals surface area contributed by atoms with Gasteiger partial charge in [0.05, 0.1) is 22.8 Å². The minimum Gasteiger partial charge on any atom is -0.371 e. The van der Waals surface area contributed by atoms with Crippen LogP contribution in [0.3, 0.4) is 0 Å². The predicted molar refractivity (Wildman–Crippen MR) is 113 cm³/mol. The number of rotatable bonds is 5. The highest BCUT2D eigenvalue weighted by Crippen LogP contribution is 2.38. The third-order valence-electron chi connectivity index (χ3n) is 5.07. The average Bonchev–Trinajstić information content (AvgIpc) is 3.33. The van der Waals surface area contributed by atoms with E-state index in [1.54, 1.807) is 13.1 Å². The maximum atomic E-state index is 13.3. The Morgan fingerprint density at radius 1 is 1.32 bits per heavy atom. The third kappa shape index (κ3) is 4.27. The van der Waals surface area contributed by atoms with Gasteiger partial charge in [-0.3, -0.25) is 4.79 Å². The molecule has 0 atom stereocenters. The van der Waals surface area contributed by atoms with Gasteiger partial charge in [-0.2, -0.15) is 18.3 Å². The molecule has 6 nitrogen and oxygen atoms in total. The Labute approximate surface area is 185 Å². The monoisotopic (exact) mass is 469 g/mol. The molecular weight excluding hydrogens is 451 g/mol. The average molecular weight is 470 g/mol. The molecule has 0 saturated heterocycles. The fourth-order valence-corrected chi connectivity index (χ4v) is 5.11. The number of nitrogens with one attached hydrogen (secondary N) is 2. The number of nitrogens with zero attached hydrogens (tertiary/aromatic N) is 3. The molecule has 1 amide bonds. The number of halogens is 4. The van der Waals surface area contributed by atoms with Gasteiger partial charge in [0.1, 0.15) is 5.00 Å². The molecule has 2 N–H and O–H groups in total. The van der Waals surface area contributed by atoms with Crippen molar-refractivity contribution in [3.8, 4) is 5.82 Å². The van der Waals surface area contributed by atoms with Crippen molar-refractivity contribution in [2.75, 3.05) is 12.4 Å². The van der Waals surface area contributed by atoms with Crippen molar-refractivity contribution < 1.29 is 18.0 Å². The summed E-state index contributed by atoms with van der Waals surface area (Å²) in [5.41, 5.74) is 0.778. The molecule has 3 aromatic rings. The van der Waals surface area contributed by atoms with Gasteiger partial charge in [-0.05, 0) is 49.4 Å². The lowest BCUT2D eigenvalue weighted by Gasteiger charge is -2.12. The molecule has 3 heterocycles. The van der Waals surface area contributed by atoms with Crippen LogP contribution in [0.25, 0.3) is 5.82 Å². The largest absolute Gasteiger partial charge is 0.435 e. The molecule has 0 unspecified atom stereocenters. The van der Waals surface area contributed by atoms with E-state index in [2.05, 4.69) is 20.7 Å². The molecule has 164 valence electrons. The molecule has 0 aliphatic heterocycles. The second kappa shape index (κ2) is 8.51. The number of fused-ring (bicyclic) bond motifs is 1. The Morgan fingerprint density at radius 3 is 2.81 bits per heavy atom. The van der Waals surface area contributed by atoms with Crippen LogP contribution in [0.2, 0.25) is 5.02 Å². The minimum atomic E-state index is -4.61. The van der Waals surface area contributed by atoms with Gasteiger partial charge in [-0.25, -0.2) is 9.67 Å². The number of alkyl halides is 3. The van der Waals surface area contributed by atoms with Crippen molar-refractivity contribution in [3.63, 3.8) is 0 Å². The van der Waals surface area contributed by atoms with Gasteiger partial charge in [-0.15, -0.1) is 11.3 Å². The zero-order valence-corrected chi connectivity index (χ0v) is 18.1. The highest BCUT2D eigenvalue weighted by atomic mass is 35.5. The number of aromatic nitrogens is 3. The van der Waals surface area contributed by atoms with E-state index in [9.17, 15) is 18.0 Å². The van der Waals surface area contributed by atoms with Crippen molar-refractivity contribution in [2.24, 2.45) is 0 Å². The molecule has 4 rings (SSSR count). The quantitative estimate of drug-likeness (QED) is 0.560. The summed E-state index contributed by atoms with van der Waals surface area (Å²) in [4.78, 5) is 17.7. The molecule has 0 saturated carbocycles. The maximum Gasteiger partial charge on any atom is 0.435 e. The number of carbonyl (C=O) groups is 1. The lowest BCUT2D eigenvalue weighted by Crippen LogP contribution is -2.21. The summed E-state index contributed by atoms with van der Waals surface area (Å²) in [5.74, 6) is -0.104. The van der Waals surface area contributed by atoms with Crippen LogP contribution in [0.15, 0.2) is 24.4 Å². The van der Waals surface area contributed by atoms with E-state index >= 15 is 0 Å². The number of hydrogen-bond acceptors (Lipinski definition) is 5. The number of hydrogen-bond donors (Lipinski definition) is 2. The first kappa shape index (κ1) is 21.6. The van der Waals surface area contributed by atoms with Gasteiger partial charge in [0.25, 0.3) is 5.91 Å². The van der Waals surface area contributed by atoms with Crippen LogP contribution in [0.5, 0.6) is 0 Å². The SMILES string of the molecule is CNC(=O)c1c(NCc2cc(C(F)(F)F)nn2-c2ncccc2Cl)sc2c1CCCC2. The van der Waals surface area contributed by atoms with Crippen LogP contribution in [0, 0.1) is 0 Å². The van der Waals surface area contributed by atoms with E-state index in [4.69, 9.17) is 11.6 Å². The number of carbonyl (C=O) groups excluding carboxylic acids is 1. The first-order valence-corrected chi connectivity index (χ1v) is 10.9. The smallest absolute Gasteiger partial charge is 0.371 e. The molecule has 0 spiro atoms. The highest BCUT2D eigenvalue weighted by Gasteiger charge is 2.35. The second-order valence-corrected chi connectivity index (χ2v) is 8.60. The molecule has 0 aromatic carbocycles. The normalized spacial score (nSPS) is 13.7. The number of amides is 1. The Kier molecular flexibility index (Phi) is 5.94. The Bertz CT molecular complexity index is 1120. The van der Waals surface area contributed by atoms with Crippen molar-refractivity contribution in [1.29, 1.82) is 0 Å². The van der Waals surface area contributed by atoms with Crippen LogP contribution < -0.4 is 10.6 Å². The number of pyridine rings is 1. The molecule has 0 bridgehead atoms. The van der Waals surface area contributed by atoms with Crippen molar-refractivity contribution in [1.82, 2.24) is 20.1 Å². The molecule has 11 heteroatoms. The summed E-state index contributed by atoms with van der Waals surface area (Å²) in [6.07, 6.45) is 0.593. The Morgan fingerprint density at radius 2 is 2.10 bits per heavy atom. The van der Waals surface area contributed by atoms with E-state index in [-0.39, 0.29) is 29.0 Å².